The van der Waals surface area contributed by atoms with E-state index in [1.54, 1.807) is 24.6 Å². The van der Waals surface area contributed by atoms with Gasteiger partial charge in [0.15, 0.2) is 5.13 Å². The zero-order chi connectivity index (χ0) is 12.4. The van der Waals surface area contributed by atoms with E-state index in [1.165, 1.54) is 0 Å². The van der Waals surface area contributed by atoms with Gasteiger partial charge in [0.1, 0.15) is 11.5 Å². The van der Waals surface area contributed by atoms with Gasteiger partial charge in [-0.25, -0.2) is 4.98 Å². The Kier molecular flexibility index (Phi) is 3.06. The van der Waals surface area contributed by atoms with Crippen LogP contribution in [0.25, 0.3) is 0 Å². The van der Waals surface area contributed by atoms with Crippen LogP contribution in [-0.2, 0) is 0 Å². The summed E-state index contributed by atoms with van der Waals surface area (Å²) in [5, 5.41) is 6.35. The Bertz CT molecular complexity index is 528. The molecule has 0 saturated carbocycles. The van der Waals surface area contributed by atoms with Gasteiger partial charge in [-0.15, -0.1) is 11.3 Å². The first-order valence-electron chi connectivity index (χ1n) is 5.83. The fourth-order valence-electron chi connectivity index (χ4n) is 2.09. The van der Waals surface area contributed by atoms with Gasteiger partial charge in [-0.2, -0.15) is 0 Å². The Labute approximate surface area is 110 Å². The third-order valence-corrected chi connectivity index (χ3v) is 3.69. The van der Waals surface area contributed by atoms with E-state index in [1.807, 2.05) is 23.6 Å². The number of hydrogen-bond acceptors (Lipinski definition) is 5. The minimum absolute atomic E-state index is 0.231. The summed E-state index contributed by atoms with van der Waals surface area (Å²) in [5.41, 5.74) is 1.14. The molecule has 0 amide bonds. The van der Waals surface area contributed by atoms with Gasteiger partial charge in [-0.05, 0) is 18.2 Å². The molecule has 2 aromatic rings. The van der Waals surface area contributed by atoms with Crippen LogP contribution in [0.5, 0.6) is 11.5 Å². The van der Waals surface area contributed by atoms with Gasteiger partial charge in [0.05, 0.1) is 19.8 Å². The van der Waals surface area contributed by atoms with Crippen molar-refractivity contribution in [3.05, 3.63) is 35.3 Å². The minimum atomic E-state index is 0.231. The largest absolute Gasteiger partial charge is 0.497 e. The van der Waals surface area contributed by atoms with Crippen molar-refractivity contribution < 1.29 is 9.47 Å². The van der Waals surface area contributed by atoms with Crippen LogP contribution in [-0.4, -0.2) is 18.7 Å². The maximum atomic E-state index is 5.66. The van der Waals surface area contributed by atoms with Crippen molar-refractivity contribution in [3.8, 4) is 11.5 Å². The molecule has 2 heterocycles. The van der Waals surface area contributed by atoms with E-state index in [0.717, 1.165) is 35.2 Å². The summed E-state index contributed by atoms with van der Waals surface area (Å²) < 4.78 is 10.9. The molecular formula is C13H14N2O2S. The summed E-state index contributed by atoms with van der Waals surface area (Å²) in [4.78, 5) is 4.26. The Balaban J connectivity index is 1.90. The quantitative estimate of drug-likeness (QED) is 0.923. The molecule has 1 unspecified atom stereocenters. The number of methoxy groups -OCH3 is 1. The van der Waals surface area contributed by atoms with Crippen LogP contribution in [0.3, 0.4) is 0 Å². The molecule has 0 aliphatic carbocycles. The van der Waals surface area contributed by atoms with Crippen molar-refractivity contribution in [1.29, 1.82) is 0 Å². The van der Waals surface area contributed by atoms with Crippen molar-refractivity contribution >= 4 is 16.5 Å². The van der Waals surface area contributed by atoms with Crippen LogP contribution in [0.4, 0.5) is 5.13 Å². The number of nitrogens with one attached hydrogen (secondary N) is 1. The zero-order valence-corrected chi connectivity index (χ0v) is 10.9. The van der Waals surface area contributed by atoms with Crippen molar-refractivity contribution in [2.24, 2.45) is 0 Å². The van der Waals surface area contributed by atoms with E-state index in [2.05, 4.69) is 10.3 Å². The highest BCUT2D eigenvalue weighted by Gasteiger charge is 2.22. The lowest BCUT2D eigenvalue weighted by Crippen LogP contribution is -2.20. The molecule has 1 atom stereocenters. The standard InChI is InChI=1S/C13H14N2O2S/c1-16-9-2-3-12-10(8-9)11(4-6-17-12)15-13-14-5-7-18-13/h2-3,5,7-8,11H,4,6H2,1H3,(H,14,15). The molecule has 0 fully saturated rings. The third kappa shape index (κ3) is 2.13. The highest BCUT2D eigenvalue weighted by molar-refractivity contribution is 7.13. The summed E-state index contributed by atoms with van der Waals surface area (Å²) in [5.74, 6) is 1.78. The van der Waals surface area contributed by atoms with Crippen LogP contribution in [0.1, 0.15) is 18.0 Å². The Morgan fingerprint density at radius 1 is 1.50 bits per heavy atom. The molecule has 3 rings (SSSR count). The Morgan fingerprint density at radius 3 is 3.22 bits per heavy atom. The lowest BCUT2D eigenvalue weighted by molar-refractivity contribution is 0.273. The highest BCUT2D eigenvalue weighted by Crippen LogP contribution is 2.36. The summed E-state index contributed by atoms with van der Waals surface area (Å²) >= 11 is 1.61. The van der Waals surface area contributed by atoms with E-state index < -0.39 is 0 Å². The van der Waals surface area contributed by atoms with Gasteiger partial charge in [0, 0.05) is 23.6 Å². The molecule has 5 heteroatoms. The average molecular weight is 262 g/mol. The van der Waals surface area contributed by atoms with Crippen LogP contribution in [0, 0.1) is 0 Å². The van der Waals surface area contributed by atoms with E-state index in [9.17, 15) is 0 Å². The predicted molar refractivity (Wildman–Crippen MR) is 71.6 cm³/mol. The number of fused-ring (bicyclic) bond motifs is 1. The fraction of sp³-hybridized carbons (Fsp3) is 0.308. The molecule has 0 radical (unpaired) electrons. The van der Waals surface area contributed by atoms with Crippen LogP contribution in [0.2, 0.25) is 0 Å². The molecule has 1 aromatic heterocycles. The average Bonchev–Trinajstić information content (AvgIpc) is 2.91. The van der Waals surface area contributed by atoms with Gasteiger partial charge in [0.2, 0.25) is 0 Å². The normalized spacial score (nSPS) is 17.7. The molecule has 4 nitrogen and oxygen atoms in total. The molecular weight excluding hydrogens is 248 g/mol. The number of aromatic nitrogens is 1. The van der Waals surface area contributed by atoms with Crippen molar-refractivity contribution in [1.82, 2.24) is 4.98 Å². The number of ether oxygens (including phenoxy) is 2. The number of hydrogen-bond donors (Lipinski definition) is 1. The first-order chi connectivity index (χ1) is 8.86. The van der Waals surface area contributed by atoms with E-state index in [0.29, 0.717) is 0 Å². The monoisotopic (exact) mass is 262 g/mol. The van der Waals surface area contributed by atoms with Crippen molar-refractivity contribution in [3.63, 3.8) is 0 Å². The topological polar surface area (TPSA) is 43.4 Å². The maximum absolute atomic E-state index is 5.66. The third-order valence-electron chi connectivity index (χ3n) is 2.99. The summed E-state index contributed by atoms with van der Waals surface area (Å²) in [7, 11) is 1.68. The molecule has 18 heavy (non-hydrogen) atoms. The number of nitrogens with zero attached hydrogens (tertiary/aromatic N) is 1. The molecule has 1 aliphatic heterocycles. The second-order valence-corrected chi connectivity index (χ2v) is 4.97. The maximum Gasteiger partial charge on any atom is 0.183 e. The number of benzene rings is 1. The molecule has 0 bridgehead atoms. The molecule has 1 aliphatic rings. The van der Waals surface area contributed by atoms with Gasteiger partial charge in [-0.3, -0.25) is 0 Å². The van der Waals surface area contributed by atoms with Crippen molar-refractivity contribution in [2.45, 2.75) is 12.5 Å². The smallest absolute Gasteiger partial charge is 0.183 e. The van der Waals surface area contributed by atoms with E-state index in [-0.39, 0.29) is 6.04 Å². The number of thiazole rings is 1. The number of anilines is 1. The van der Waals surface area contributed by atoms with Crippen LogP contribution >= 0.6 is 11.3 Å². The van der Waals surface area contributed by atoms with Gasteiger partial charge >= 0.3 is 0 Å². The van der Waals surface area contributed by atoms with Crippen molar-refractivity contribution in [2.75, 3.05) is 19.0 Å². The molecule has 94 valence electrons. The molecule has 0 spiro atoms. The van der Waals surface area contributed by atoms with Gasteiger partial charge < -0.3 is 14.8 Å². The summed E-state index contributed by atoms with van der Waals surface area (Å²) in [6.45, 7) is 0.725. The lowest BCUT2D eigenvalue weighted by Gasteiger charge is -2.26. The van der Waals surface area contributed by atoms with Crippen LogP contribution < -0.4 is 14.8 Å². The second-order valence-electron chi connectivity index (χ2n) is 4.08. The zero-order valence-electron chi connectivity index (χ0n) is 10.1. The van der Waals surface area contributed by atoms with Gasteiger partial charge in [0.25, 0.3) is 0 Å². The van der Waals surface area contributed by atoms with E-state index >= 15 is 0 Å². The first kappa shape index (κ1) is 11.3. The predicted octanol–water partition coefficient (Wildman–Crippen LogP) is 3.09. The molecule has 1 aromatic carbocycles. The minimum Gasteiger partial charge on any atom is -0.497 e. The second kappa shape index (κ2) is 4.86. The summed E-state index contributed by atoms with van der Waals surface area (Å²) in [6, 6.07) is 6.14. The SMILES string of the molecule is COc1ccc2c(c1)C(Nc1nccs1)CCO2. The van der Waals surface area contributed by atoms with E-state index in [4.69, 9.17) is 9.47 Å². The highest BCUT2D eigenvalue weighted by atomic mass is 32.1. The molecule has 1 N–H and O–H groups in total. The molecule has 0 saturated heterocycles. The fourth-order valence-corrected chi connectivity index (χ4v) is 2.68. The van der Waals surface area contributed by atoms with Gasteiger partial charge in [-0.1, -0.05) is 0 Å². The first-order valence-corrected chi connectivity index (χ1v) is 6.71. The Morgan fingerprint density at radius 2 is 2.44 bits per heavy atom. The Hall–Kier alpha value is -1.75. The number of rotatable bonds is 3. The van der Waals surface area contributed by atoms with Crippen LogP contribution in [0.15, 0.2) is 29.8 Å². The summed E-state index contributed by atoms with van der Waals surface area (Å²) in [6.07, 6.45) is 2.73. The lowest BCUT2D eigenvalue weighted by atomic mass is 10.0.